The molecule has 0 aliphatic carbocycles. The van der Waals surface area contributed by atoms with Crippen molar-refractivity contribution in [3.8, 4) is 0 Å². The standard InChI is InChI=1S/C16H27N.C7H8.C3H7N.C2H6/c1-5-11-16(2,3)13-15(17-4)12-14-9-7-6-8-10-14;1-7-5-3-2-4-6-7;1-2-3-4;1-2/h6-10,15,17H,5,11-13H2,1-4H3;2-6H,1H3;2H,1,3-4H2;1-2H3. The van der Waals surface area contributed by atoms with Crippen LogP contribution in [0.25, 0.3) is 0 Å². The summed E-state index contributed by atoms with van der Waals surface area (Å²) in [6.07, 6.45) is 6.60. The summed E-state index contributed by atoms with van der Waals surface area (Å²) in [6, 6.07) is 21.6. The van der Waals surface area contributed by atoms with Crippen LogP contribution in [0, 0.1) is 12.3 Å². The van der Waals surface area contributed by atoms with Gasteiger partial charge in [0.25, 0.3) is 0 Å². The highest BCUT2D eigenvalue weighted by Gasteiger charge is 2.21. The van der Waals surface area contributed by atoms with Gasteiger partial charge in [-0.2, -0.15) is 0 Å². The molecule has 2 heteroatoms. The van der Waals surface area contributed by atoms with Crippen molar-refractivity contribution in [2.75, 3.05) is 13.6 Å². The van der Waals surface area contributed by atoms with E-state index >= 15 is 0 Å². The second-order valence-corrected chi connectivity index (χ2v) is 7.97. The molecule has 30 heavy (non-hydrogen) atoms. The zero-order chi connectivity index (χ0) is 23.3. The Morgan fingerprint density at radius 2 is 1.47 bits per heavy atom. The summed E-state index contributed by atoms with van der Waals surface area (Å²) in [7, 11) is 2.08. The van der Waals surface area contributed by atoms with Crippen LogP contribution in [0.3, 0.4) is 0 Å². The third-order valence-corrected chi connectivity index (χ3v) is 4.57. The fraction of sp³-hybridized carbons (Fsp3) is 0.500. The molecule has 1 unspecified atom stereocenters. The summed E-state index contributed by atoms with van der Waals surface area (Å²) in [5.41, 5.74) is 8.10. The topological polar surface area (TPSA) is 38.0 Å². The molecule has 0 saturated heterocycles. The highest BCUT2D eigenvalue weighted by Crippen LogP contribution is 2.29. The fourth-order valence-electron chi connectivity index (χ4n) is 3.16. The van der Waals surface area contributed by atoms with Gasteiger partial charge in [-0.25, -0.2) is 0 Å². The summed E-state index contributed by atoms with van der Waals surface area (Å²) in [5, 5.41) is 3.47. The number of hydrogen-bond acceptors (Lipinski definition) is 2. The van der Waals surface area contributed by atoms with Crippen molar-refractivity contribution >= 4 is 0 Å². The van der Waals surface area contributed by atoms with E-state index in [1.165, 1.54) is 30.4 Å². The van der Waals surface area contributed by atoms with Gasteiger partial charge in [-0.05, 0) is 44.2 Å². The van der Waals surface area contributed by atoms with Crippen LogP contribution >= 0.6 is 0 Å². The highest BCUT2D eigenvalue weighted by molar-refractivity contribution is 5.16. The lowest BCUT2D eigenvalue weighted by atomic mass is 9.80. The van der Waals surface area contributed by atoms with Crippen molar-refractivity contribution in [2.24, 2.45) is 11.1 Å². The molecule has 0 saturated carbocycles. The lowest BCUT2D eigenvalue weighted by Crippen LogP contribution is -2.33. The van der Waals surface area contributed by atoms with Crippen molar-refractivity contribution in [3.05, 3.63) is 84.4 Å². The van der Waals surface area contributed by atoms with Gasteiger partial charge in [0.2, 0.25) is 0 Å². The first-order chi connectivity index (χ1) is 14.4. The maximum absolute atomic E-state index is 4.91. The minimum absolute atomic E-state index is 0.442. The van der Waals surface area contributed by atoms with E-state index in [2.05, 4.69) is 89.1 Å². The van der Waals surface area contributed by atoms with Gasteiger partial charge in [0.15, 0.2) is 0 Å². The largest absolute Gasteiger partial charge is 0.327 e. The normalized spacial score (nSPS) is 10.8. The van der Waals surface area contributed by atoms with Crippen LogP contribution in [0.2, 0.25) is 0 Å². The molecule has 2 nitrogen and oxygen atoms in total. The van der Waals surface area contributed by atoms with Crippen molar-refractivity contribution < 1.29 is 0 Å². The van der Waals surface area contributed by atoms with Crippen LogP contribution < -0.4 is 11.1 Å². The van der Waals surface area contributed by atoms with Crippen LogP contribution in [0.15, 0.2) is 73.3 Å². The monoisotopic (exact) mass is 412 g/mol. The van der Waals surface area contributed by atoms with Crippen molar-refractivity contribution in [2.45, 2.75) is 73.3 Å². The summed E-state index contributed by atoms with van der Waals surface area (Å²) in [6.45, 7) is 17.1. The number of nitrogens with one attached hydrogen (secondary N) is 1. The first-order valence-electron chi connectivity index (χ1n) is 11.4. The lowest BCUT2D eigenvalue weighted by molar-refractivity contribution is 0.262. The molecule has 0 aliphatic rings. The zero-order valence-corrected chi connectivity index (χ0v) is 20.7. The quantitative estimate of drug-likeness (QED) is 0.450. The fourth-order valence-corrected chi connectivity index (χ4v) is 3.16. The van der Waals surface area contributed by atoms with Gasteiger partial charge in [-0.1, -0.05) is 113 Å². The summed E-state index contributed by atoms with van der Waals surface area (Å²) >= 11 is 0. The first-order valence-corrected chi connectivity index (χ1v) is 11.4. The van der Waals surface area contributed by atoms with E-state index in [0.29, 0.717) is 18.0 Å². The molecular weight excluding hydrogens is 364 g/mol. The number of rotatable bonds is 8. The first kappa shape index (κ1) is 30.3. The van der Waals surface area contributed by atoms with E-state index < -0.39 is 0 Å². The van der Waals surface area contributed by atoms with Crippen LogP contribution in [0.4, 0.5) is 0 Å². The molecule has 0 amide bonds. The minimum atomic E-state index is 0.442. The second kappa shape index (κ2) is 20.4. The van der Waals surface area contributed by atoms with E-state index in [1.54, 1.807) is 6.08 Å². The maximum Gasteiger partial charge on any atom is 0.0110 e. The molecule has 0 radical (unpaired) electrons. The molecule has 0 aliphatic heterocycles. The van der Waals surface area contributed by atoms with Crippen LogP contribution in [-0.4, -0.2) is 19.6 Å². The smallest absolute Gasteiger partial charge is 0.0110 e. The van der Waals surface area contributed by atoms with E-state index in [0.717, 1.165) is 6.42 Å². The summed E-state index contributed by atoms with van der Waals surface area (Å²) in [4.78, 5) is 0. The van der Waals surface area contributed by atoms with Crippen LogP contribution in [0.1, 0.15) is 65.0 Å². The molecule has 1 atom stereocenters. The maximum atomic E-state index is 4.91. The van der Waals surface area contributed by atoms with E-state index in [4.69, 9.17) is 5.73 Å². The van der Waals surface area contributed by atoms with E-state index in [-0.39, 0.29) is 0 Å². The molecular formula is C28H48N2. The van der Waals surface area contributed by atoms with Crippen molar-refractivity contribution in [1.82, 2.24) is 5.32 Å². The predicted molar refractivity (Wildman–Crippen MR) is 138 cm³/mol. The number of nitrogens with two attached hydrogens (primary N) is 1. The van der Waals surface area contributed by atoms with Crippen molar-refractivity contribution in [3.63, 3.8) is 0 Å². The Balaban J connectivity index is 0. The van der Waals surface area contributed by atoms with E-state index in [1.807, 2.05) is 32.0 Å². The number of aryl methyl sites for hydroxylation is 1. The Morgan fingerprint density at radius 3 is 1.80 bits per heavy atom. The molecule has 0 bridgehead atoms. The molecule has 2 aromatic rings. The van der Waals surface area contributed by atoms with Gasteiger partial charge < -0.3 is 11.1 Å². The Hall–Kier alpha value is -1.90. The van der Waals surface area contributed by atoms with Gasteiger partial charge >= 0.3 is 0 Å². The average Bonchev–Trinajstić information content (AvgIpc) is 2.76. The molecule has 0 aromatic heterocycles. The molecule has 0 fully saturated rings. The summed E-state index contributed by atoms with van der Waals surface area (Å²) in [5.74, 6) is 0. The van der Waals surface area contributed by atoms with Gasteiger partial charge in [-0.15, -0.1) is 6.58 Å². The number of benzene rings is 2. The second-order valence-electron chi connectivity index (χ2n) is 7.97. The Kier molecular flexibility index (Phi) is 20.6. The SMILES string of the molecule is C=CCN.CC.CCCC(C)(C)CC(Cc1ccccc1)NC.Cc1ccccc1. The van der Waals surface area contributed by atoms with Crippen LogP contribution in [-0.2, 0) is 6.42 Å². The third kappa shape index (κ3) is 18.1. The molecule has 2 rings (SSSR count). The summed E-state index contributed by atoms with van der Waals surface area (Å²) < 4.78 is 0. The predicted octanol–water partition coefficient (Wildman–Crippen LogP) is 7.19. The molecule has 0 heterocycles. The molecule has 2 aromatic carbocycles. The highest BCUT2D eigenvalue weighted by atomic mass is 14.9. The average molecular weight is 413 g/mol. The third-order valence-electron chi connectivity index (χ3n) is 4.57. The molecule has 0 spiro atoms. The molecule has 3 N–H and O–H groups in total. The number of hydrogen-bond donors (Lipinski definition) is 2. The zero-order valence-electron chi connectivity index (χ0n) is 20.7. The Morgan fingerprint density at radius 1 is 1.00 bits per heavy atom. The van der Waals surface area contributed by atoms with Gasteiger partial charge in [0.05, 0.1) is 0 Å². The Labute approximate surface area is 188 Å². The lowest BCUT2D eigenvalue weighted by Gasteiger charge is -2.29. The van der Waals surface area contributed by atoms with Gasteiger partial charge in [0, 0.05) is 12.6 Å². The van der Waals surface area contributed by atoms with Gasteiger partial charge in [-0.3, -0.25) is 0 Å². The van der Waals surface area contributed by atoms with Crippen molar-refractivity contribution in [1.29, 1.82) is 0 Å². The van der Waals surface area contributed by atoms with Crippen LogP contribution in [0.5, 0.6) is 0 Å². The molecule has 170 valence electrons. The minimum Gasteiger partial charge on any atom is -0.327 e. The number of likely N-dealkylation sites (N-methyl/N-ethyl adjacent to an activating group) is 1. The van der Waals surface area contributed by atoms with Gasteiger partial charge in [0.1, 0.15) is 0 Å². The van der Waals surface area contributed by atoms with E-state index in [9.17, 15) is 0 Å². The Bertz CT molecular complexity index is 591.